The van der Waals surface area contributed by atoms with Gasteiger partial charge in [-0.05, 0) is 34.9 Å². The van der Waals surface area contributed by atoms with E-state index < -0.39 is 4.92 Å². The first-order chi connectivity index (χ1) is 12.5. The number of benzene rings is 3. The van der Waals surface area contributed by atoms with Gasteiger partial charge in [0, 0.05) is 12.1 Å². The number of hydrogen-bond donors (Lipinski definition) is 1. The van der Waals surface area contributed by atoms with E-state index in [0.717, 1.165) is 16.3 Å². The summed E-state index contributed by atoms with van der Waals surface area (Å²) in [6, 6.07) is 19.9. The lowest BCUT2D eigenvalue weighted by molar-refractivity contribution is -0.384. The van der Waals surface area contributed by atoms with Crippen molar-refractivity contribution in [1.82, 2.24) is 5.43 Å². The Labute approximate surface area is 150 Å². The molecule has 6 heteroatoms. The van der Waals surface area contributed by atoms with Crippen LogP contribution in [0.1, 0.15) is 18.1 Å². The first-order valence-corrected chi connectivity index (χ1v) is 8.08. The molecule has 26 heavy (non-hydrogen) atoms. The van der Waals surface area contributed by atoms with Crippen LogP contribution in [-0.4, -0.2) is 16.5 Å². The zero-order valence-corrected chi connectivity index (χ0v) is 14.2. The molecular weight excluding hydrogens is 330 g/mol. The number of nitro groups is 1. The summed E-state index contributed by atoms with van der Waals surface area (Å²) in [6.07, 6.45) is 0.104. The Kier molecular flexibility index (Phi) is 5.03. The zero-order chi connectivity index (χ0) is 18.5. The van der Waals surface area contributed by atoms with Gasteiger partial charge in [-0.2, -0.15) is 5.10 Å². The fourth-order valence-corrected chi connectivity index (χ4v) is 2.59. The van der Waals surface area contributed by atoms with Crippen LogP contribution in [-0.2, 0) is 11.2 Å². The number of non-ortho nitro benzene ring substituents is 1. The van der Waals surface area contributed by atoms with E-state index in [4.69, 9.17) is 0 Å². The maximum absolute atomic E-state index is 12.0. The van der Waals surface area contributed by atoms with Gasteiger partial charge in [0.05, 0.1) is 17.1 Å². The highest BCUT2D eigenvalue weighted by Crippen LogP contribution is 2.16. The smallest absolute Gasteiger partial charge is 0.269 e. The molecule has 130 valence electrons. The van der Waals surface area contributed by atoms with Gasteiger partial charge in [-0.1, -0.05) is 48.5 Å². The van der Waals surface area contributed by atoms with Gasteiger partial charge in [0.15, 0.2) is 0 Å². The average molecular weight is 347 g/mol. The minimum absolute atomic E-state index is 0.000623. The number of amides is 1. The van der Waals surface area contributed by atoms with E-state index in [1.54, 1.807) is 12.1 Å². The van der Waals surface area contributed by atoms with E-state index in [-0.39, 0.29) is 18.0 Å². The standard InChI is InChI=1S/C20H17N3O3/c1-14(17-9-8-16-4-2-3-5-18(16)13-17)21-22-20(24)12-15-6-10-19(11-7-15)23(25)26/h2-11,13H,12H2,1H3,(H,22,24). The highest BCUT2D eigenvalue weighted by atomic mass is 16.6. The molecule has 0 spiro atoms. The van der Waals surface area contributed by atoms with Crippen molar-refractivity contribution in [2.45, 2.75) is 13.3 Å². The number of hydrazone groups is 1. The van der Waals surface area contributed by atoms with Crippen molar-refractivity contribution in [2.75, 3.05) is 0 Å². The maximum atomic E-state index is 12.0. The van der Waals surface area contributed by atoms with Crippen LogP contribution in [0.5, 0.6) is 0 Å². The lowest BCUT2D eigenvalue weighted by atomic mass is 10.0. The lowest BCUT2D eigenvalue weighted by Crippen LogP contribution is -2.21. The van der Waals surface area contributed by atoms with Crippen molar-refractivity contribution in [3.05, 3.63) is 88.0 Å². The van der Waals surface area contributed by atoms with Crippen molar-refractivity contribution < 1.29 is 9.72 Å². The molecule has 0 saturated heterocycles. The average Bonchev–Trinajstić information content (AvgIpc) is 2.66. The molecule has 0 aliphatic heterocycles. The van der Waals surface area contributed by atoms with Gasteiger partial charge >= 0.3 is 0 Å². The molecule has 0 fully saturated rings. The third kappa shape index (κ3) is 4.10. The minimum atomic E-state index is -0.471. The monoisotopic (exact) mass is 347 g/mol. The van der Waals surface area contributed by atoms with E-state index in [0.29, 0.717) is 11.3 Å². The molecule has 0 atom stereocenters. The number of hydrogen-bond acceptors (Lipinski definition) is 4. The molecule has 6 nitrogen and oxygen atoms in total. The van der Waals surface area contributed by atoms with E-state index >= 15 is 0 Å². The van der Waals surface area contributed by atoms with Crippen LogP contribution in [0.2, 0.25) is 0 Å². The summed E-state index contributed by atoms with van der Waals surface area (Å²) < 4.78 is 0. The first kappa shape index (κ1) is 17.3. The number of nitrogens with one attached hydrogen (secondary N) is 1. The van der Waals surface area contributed by atoms with Gasteiger partial charge in [-0.25, -0.2) is 5.43 Å². The molecule has 0 unspecified atom stereocenters. The van der Waals surface area contributed by atoms with Crippen LogP contribution in [0.4, 0.5) is 5.69 Å². The number of nitro benzene ring substituents is 1. The van der Waals surface area contributed by atoms with E-state index in [1.165, 1.54) is 12.1 Å². The molecule has 3 rings (SSSR count). The number of fused-ring (bicyclic) bond motifs is 1. The van der Waals surface area contributed by atoms with Crippen molar-refractivity contribution in [2.24, 2.45) is 5.10 Å². The fourth-order valence-electron chi connectivity index (χ4n) is 2.59. The lowest BCUT2D eigenvalue weighted by Gasteiger charge is -2.05. The molecule has 0 aliphatic carbocycles. The number of carbonyl (C=O) groups is 1. The Morgan fingerprint density at radius 2 is 1.73 bits per heavy atom. The fraction of sp³-hybridized carbons (Fsp3) is 0.100. The summed E-state index contributed by atoms with van der Waals surface area (Å²) in [6.45, 7) is 1.83. The largest absolute Gasteiger partial charge is 0.273 e. The van der Waals surface area contributed by atoms with Crippen LogP contribution in [0.15, 0.2) is 71.8 Å². The molecule has 1 N–H and O–H groups in total. The van der Waals surface area contributed by atoms with E-state index in [2.05, 4.69) is 10.5 Å². The Morgan fingerprint density at radius 1 is 1.04 bits per heavy atom. The second-order valence-electron chi connectivity index (χ2n) is 5.89. The molecule has 0 saturated carbocycles. The topological polar surface area (TPSA) is 84.6 Å². The van der Waals surface area contributed by atoms with Gasteiger partial charge in [0.25, 0.3) is 5.69 Å². The second kappa shape index (κ2) is 7.57. The van der Waals surface area contributed by atoms with E-state index in [1.807, 2.05) is 49.4 Å². The summed E-state index contributed by atoms with van der Waals surface area (Å²) >= 11 is 0. The Morgan fingerprint density at radius 3 is 2.42 bits per heavy atom. The summed E-state index contributed by atoms with van der Waals surface area (Å²) in [7, 11) is 0. The van der Waals surface area contributed by atoms with Gasteiger partial charge in [0.2, 0.25) is 5.91 Å². The summed E-state index contributed by atoms with van der Waals surface area (Å²) in [5.74, 6) is -0.279. The zero-order valence-electron chi connectivity index (χ0n) is 14.2. The third-order valence-electron chi connectivity index (χ3n) is 4.03. The normalized spacial score (nSPS) is 11.3. The SMILES string of the molecule is CC(=NNC(=O)Cc1ccc([N+](=O)[O-])cc1)c1ccc2ccccc2c1. The molecule has 1 amide bonds. The Hall–Kier alpha value is -3.54. The number of rotatable bonds is 5. The molecule has 0 aliphatic rings. The molecule has 0 heterocycles. The van der Waals surface area contributed by atoms with E-state index in [9.17, 15) is 14.9 Å². The molecular formula is C20H17N3O3. The third-order valence-corrected chi connectivity index (χ3v) is 4.03. The molecule has 0 aromatic heterocycles. The molecule has 3 aromatic rings. The predicted octanol–water partition coefficient (Wildman–Crippen LogP) is 3.83. The van der Waals surface area contributed by atoms with Crippen LogP contribution >= 0.6 is 0 Å². The van der Waals surface area contributed by atoms with Crippen molar-refractivity contribution >= 4 is 28.1 Å². The Balaban J connectivity index is 1.65. The van der Waals surface area contributed by atoms with Gasteiger partial charge in [0.1, 0.15) is 0 Å². The quantitative estimate of drug-likeness (QED) is 0.432. The van der Waals surface area contributed by atoms with Crippen LogP contribution in [0.25, 0.3) is 10.8 Å². The first-order valence-electron chi connectivity index (χ1n) is 8.08. The highest BCUT2D eigenvalue weighted by molar-refractivity contribution is 6.02. The van der Waals surface area contributed by atoms with Crippen molar-refractivity contribution in [3.8, 4) is 0 Å². The summed E-state index contributed by atoms with van der Waals surface area (Å²) in [4.78, 5) is 22.2. The molecule has 0 bridgehead atoms. The van der Waals surface area contributed by atoms with Crippen molar-refractivity contribution in [3.63, 3.8) is 0 Å². The number of carbonyl (C=O) groups excluding carboxylic acids is 1. The van der Waals surface area contributed by atoms with Crippen molar-refractivity contribution in [1.29, 1.82) is 0 Å². The summed E-state index contributed by atoms with van der Waals surface area (Å²) in [5.41, 5.74) is 4.85. The second-order valence-corrected chi connectivity index (χ2v) is 5.89. The van der Waals surface area contributed by atoms with Gasteiger partial charge in [-0.3, -0.25) is 14.9 Å². The predicted molar refractivity (Wildman–Crippen MR) is 101 cm³/mol. The number of nitrogens with zero attached hydrogens (tertiary/aromatic N) is 2. The van der Waals surface area contributed by atoms with Gasteiger partial charge in [-0.15, -0.1) is 0 Å². The minimum Gasteiger partial charge on any atom is -0.273 e. The highest BCUT2D eigenvalue weighted by Gasteiger charge is 2.07. The summed E-state index contributed by atoms with van der Waals surface area (Å²) in [5, 5.41) is 17.0. The van der Waals surface area contributed by atoms with Crippen LogP contribution in [0, 0.1) is 10.1 Å². The maximum Gasteiger partial charge on any atom is 0.269 e. The van der Waals surface area contributed by atoms with Crippen LogP contribution < -0.4 is 5.43 Å². The van der Waals surface area contributed by atoms with Gasteiger partial charge < -0.3 is 0 Å². The Bertz CT molecular complexity index is 995. The molecule has 3 aromatic carbocycles. The van der Waals surface area contributed by atoms with Crippen LogP contribution in [0.3, 0.4) is 0 Å². The molecule has 0 radical (unpaired) electrons.